The van der Waals surface area contributed by atoms with Gasteiger partial charge in [-0.15, -0.1) is 0 Å². The normalized spacial score (nSPS) is 23.9. The first kappa shape index (κ1) is 21.8. The monoisotopic (exact) mass is 465 g/mol. The van der Waals surface area contributed by atoms with Crippen LogP contribution in [0, 0.1) is 11.8 Å². The molecule has 0 radical (unpaired) electrons. The Kier molecular flexibility index (Phi) is 5.39. The number of nitrogens with zero attached hydrogens (tertiary/aromatic N) is 4. The van der Waals surface area contributed by atoms with Gasteiger partial charge in [-0.3, -0.25) is 9.59 Å². The maximum Gasteiger partial charge on any atom is 0.352 e. The Hall–Kier alpha value is -2.37. The zero-order valence-corrected chi connectivity index (χ0v) is 19.5. The number of carbonyl (C=O) groups is 3. The first-order chi connectivity index (χ1) is 14.6. The number of aliphatic hydroxyl groups excluding tert-OH is 1. The van der Waals surface area contributed by atoms with Crippen molar-refractivity contribution in [2.75, 3.05) is 20.4 Å². The molecule has 0 bridgehead atoms. The second-order valence-corrected chi connectivity index (χ2v) is 10.00. The van der Waals surface area contributed by atoms with Crippen LogP contribution in [0.1, 0.15) is 18.7 Å². The van der Waals surface area contributed by atoms with E-state index in [1.165, 1.54) is 32.9 Å². The number of imidazole rings is 1. The van der Waals surface area contributed by atoms with Crippen LogP contribution in [0.3, 0.4) is 0 Å². The van der Waals surface area contributed by atoms with Crippen LogP contribution in [-0.4, -0.2) is 74.7 Å². The van der Waals surface area contributed by atoms with Crippen molar-refractivity contribution in [2.45, 2.75) is 37.6 Å². The fraction of sp³-hybridized carbons (Fsp3) is 0.500. The van der Waals surface area contributed by atoms with Gasteiger partial charge in [0.15, 0.2) is 6.54 Å². The fourth-order valence-electron chi connectivity index (χ4n) is 4.56. The Bertz CT molecular complexity index is 1130. The summed E-state index contributed by atoms with van der Waals surface area (Å²) in [4.78, 5) is 41.4. The van der Waals surface area contributed by atoms with Gasteiger partial charge in [0.2, 0.25) is 15.8 Å². The molecular formula is C20H25N4O5S2+. The first-order valence-electron chi connectivity index (χ1n) is 9.85. The summed E-state index contributed by atoms with van der Waals surface area (Å²) in [6.45, 7) is 3.69. The highest BCUT2D eigenvalue weighted by molar-refractivity contribution is 7.98. The minimum atomic E-state index is -1.14. The molecule has 2 aromatic heterocycles. The third-order valence-electron chi connectivity index (χ3n) is 6.04. The molecule has 1 fully saturated rings. The van der Waals surface area contributed by atoms with Crippen molar-refractivity contribution in [3.63, 3.8) is 0 Å². The third-order valence-corrected chi connectivity index (χ3v) is 8.13. The van der Waals surface area contributed by atoms with Gasteiger partial charge in [0, 0.05) is 25.6 Å². The van der Waals surface area contributed by atoms with Crippen LogP contribution in [0.25, 0.3) is 10.4 Å². The molecule has 0 aliphatic carbocycles. The molecule has 9 nitrogen and oxygen atoms in total. The number of amides is 2. The Morgan fingerprint density at radius 2 is 2.06 bits per heavy atom. The molecule has 31 heavy (non-hydrogen) atoms. The van der Waals surface area contributed by atoms with E-state index >= 15 is 0 Å². The number of likely N-dealkylation sites (N-methyl/N-ethyl adjacent to an activating group) is 1. The number of carbonyl (C=O) groups excluding carboxylic acids is 2. The molecule has 166 valence electrons. The number of hydrogen-bond acceptors (Lipinski definition) is 6. The van der Waals surface area contributed by atoms with Gasteiger partial charge in [-0.25, -0.2) is 9.36 Å². The predicted molar refractivity (Wildman–Crippen MR) is 115 cm³/mol. The summed E-state index contributed by atoms with van der Waals surface area (Å²) in [5, 5.41) is 20.8. The van der Waals surface area contributed by atoms with E-state index < -0.39 is 18.0 Å². The van der Waals surface area contributed by atoms with E-state index in [0.717, 1.165) is 14.7 Å². The van der Waals surface area contributed by atoms with E-state index in [1.807, 2.05) is 34.7 Å². The zero-order chi connectivity index (χ0) is 22.8. The summed E-state index contributed by atoms with van der Waals surface area (Å²) in [5.41, 5.74) is 0.621. The molecule has 0 spiro atoms. The van der Waals surface area contributed by atoms with Gasteiger partial charge in [-0.05, 0) is 13.2 Å². The van der Waals surface area contributed by atoms with Crippen molar-refractivity contribution in [3.05, 3.63) is 23.1 Å². The molecule has 4 atom stereocenters. The number of fused-ring (bicyclic) bond motifs is 2. The predicted octanol–water partition coefficient (Wildman–Crippen LogP) is 0.752. The van der Waals surface area contributed by atoms with Gasteiger partial charge < -0.3 is 20.0 Å². The van der Waals surface area contributed by atoms with Crippen LogP contribution in [0.2, 0.25) is 0 Å². The molecule has 4 heterocycles. The van der Waals surface area contributed by atoms with Crippen LogP contribution in [0.5, 0.6) is 0 Å². The maximum atomic E-state index is 12.6. The highest BCUT2D eigenvalue weighted by Gasteiger charge is 2.60. The standard InChI is InChI=1S/C20H24N4O5S2/c1-9-13(16(20(28)29)24-15(9)14(10(2)25)17(24)27)11-6-22-8-23(7-12(26)21(3)4)18(30-5)19(22)31-11/h6,8-10,14-15,25H,7H2,1-5H3/p+1/t9-,10+,14+,15+/m0/s1. The number of carboxylic acid groups (broad SMARTS) is 1. The lowest BCUT2D eigenvalue weighted by Crippen LogP contribution is -2.63. The fourth-order valence-corrected chi connectivity index (χ4v) is 6.73. The molecule has 0 saturated carbocycles. The maximum absolute atomic E-state index is 12.6. The number of rotatable bonds is 6. The van der Waals surface area contributed by atoms with Crippen LogP contribution in [0.4, 0.5) is 0 Å². The van der Waals surface area contributed by atoms with Crippen molar-refractivity contribution in [3.8, 4) is 0 Å². The third kappa shape index (κ3) is 3.17. The van der Waals surface area contributed by atoms with Gasteiger partial charge in [0.05, 0.1) is 22.9 Å². The number of β-lactam (4-membered cyclic amide) rings is 1. The van der Waals surface area contributed by atoms with E-state index in [1.54, 1.807) is 21.0 Å². The van der Waals surface area contributed by atoms with Crippen LogP contribution >= 0.6 is 23.1 Å². The Morgan fingerprint density at radius 3 is 2.61 bits per heavy atom. The lowest BCUT2D eigenvalue weighted by molar-refractivity contribution is -0.718. The molecule has 2 aliphatic heterocycles. The van der Waals surface area contributed by atoms with Crippen LogP contribution in [-0.2, 0) is 20.9 Å². The summed E-state index contributed by atoms with van der Waals surface area (Å²) >= 11 is 2.96. The van der Waals surface area contributed by atoms with Gasteiger partial charge >= 0.3 is 5.97 Å². The number of thioether (sulfide) groups is 1. The summed E-state index contributed by atoms with van der Waals surface area (Å²) in [5.74, 6) is -2.31. The SMILES string of the molecule is CSc1c2sc(C3=C(C(=O)O)N4C(=O)[C@H]([C@@H](C)O)[C@H]4[C@H]3C)cn2c[n+]1CC(=O)N(C)C. The number of hydrogen-bond donors (Lipinski definition) is 2. The minimum Gasteiger partial charge on any atom is -0.477 e. The number of aliphatic carboxylic acids is 1. The average Bonchev–Trinajstić information content (AvgIpc) is 3.28. The molecule has 2 aromatic rings. The van der Waals surface area contributed by atoms with Crippen molar-refractivity contribution < 1.29 is 29.2 Å². The molecule has 2 aliphatic rings. The average molecular weight is 466 g/mol. The molecule has 2 amide bonds. The summed E-state index contributed by atoms with van der Waals surface area (Å²) in [7, 11) is 3.43. The lowest BCUT2D eigenvalue weighted by Gasteiger charge is -2.46. The van der Waals surface area contributed by atoms with Gasteiger partial charge in [0.1, 0.15) is 11.9 Å². The van der Waals surface area contributed by atoms with Gasteiger partial charge in [0.25, 0.3) is 12.2 Å². The molecule has 1 saturated heterocycles. The van der Waals surface area contributed by atoms with Crippen molar-refractivity contribution in [2.24, 2.45) is 11.8 Å². The lowest BCUT2D eigenvalue weighted by atomic mass is 9.77. The van der Waals surface area contributed by atoms with Gasteiger partial charge in [-0.1, -0.05) is 30.0 Å². The van der Waals surface area contributed by atoms with E-state index in [2.05, 4.69) is 0 Å². The molecule has 11 heteroatoms. The van der Waals surface area contributed by atoms with E-state index in [4.69, 9.17) is 0 Å². The quantitative estimate of drug-likeness (QED) is 0.371. The largest absolute Gasteiger partial charge is 0.477 e. The van der Waals surface area contributed by atoms with E-state index in [-0.39, 0.29) is 36.0 Å². The van der Waals surface area contributed by atoms with Crippen molar-refractivity contribution >= 4 is 51.3 Å². The van der Waals surface area contributed by atoms with Crippen LogP contribution in [0.15, 0.2) is 23.2 Å². The van der Waals surface area contributed by atoms with Gasteiger partial charge in [-0.2, -0.15) is 4.40 Å². The second kappa shape index (κ2) is 7.64. The number of aliphatic hydroxyl groups is 1. The molecule has 0 aromatic carbocycles. The Labute approximate surface area is 187 Å². The molecular weight excluding hydrogens is 440 g/mol. The van der Waals surface area contributed by atoms with Crippen LogP contribution < -0.4 is 4.57 Å². The summed E-state index contributed by atoms with van der Waals surface area (Å²) < 4.78 is 3.78. The highest BCUT2D eigenvalue weighted by atomic mass is 32.2. The number of aromatic nitrogens is 2. The van der Waals surface area contributed by atoms with Crippen molar-refractivity contribution in [1.29, 1.82) is 0 Å². The Morgan fingerprint density at radius 1 is 1.39 bits per heavy atom. The van der Waals surface area contributed by atoms with E-state index in [9.17, 15) is 24.6 Å². The van der Waals surface area contributed by atoms with E-state index in [0.29, 0.717) is 5.57 Å². The smallest absolute Gasteiger partial charge is 0.352 e. The Balaban J connectivity index is 1.78. The summed E-state index contributed by atoms with van der Waals surface area (Å²) in [6.07, 6.45) is 4.80. The number of thiazole rings is 1. The highest BCUT2D eigenvalue weighted by Crippen LogP contribution is 2.51. The molecule has 2 N–H and O–H groups in total. The minimum absolute atomic E-state index is 0.00488. The number of carboxylic acids is 1. The topological polar surface area (TPSA) is 106 Å². The second-order valence-electron chi connectivity index (χ2n) is 8.17. The molecule has 0 unspecified atom stereocenters. The molecule has 4 rings (SSSR count). The zero-order valence-electron chi connectivity index (χ0n) is 17.9. The first-order valence-corrected chi connectivity index (χ1v) is 11.9. The van der Waals surface area contributed by atoms with Crippen molar-refractivity contribution in [1.82, 2.24) is 14.2 Å². The summed E-state index contributed by atoms with van der Waals surface area (Å²) in [6, 6.07) is -0.349.